The summed E-state index contributed by atoms with van der Waals surface area (Å²) in [4.78, 5) is 14.5. The molecule has 1 rings (SSSR count). The molecule has 0 aliphatic heterocycles. The monoisotopic (exact) mass is 209 g/mol. The Bertz CT molecular complexity index is 298. The van der Waals surface area contributed by atoms with E-state index in [2.05, 4.69) is 10.3 Å². The van der Waals surface area contributed by atoms with Gasteiger partial charge in [-0.3, -0.25) is 4.79 Å². The van der Waals surface area contributed by atoms with E-state index in [0.717, 1.165) is 12.1 Å². The Hall–Kier alpha value is -1.29. The van der Waals surface area contributed by atoms with Gasteiger partial charge in [-0.15, -0.1) is 0 Å². The van der Waals surface area contributed by atoms with Crippen LogP contribution in [0.3, 0.4) is 0 Å². The number of aromatic nitrogens is 1. The van der Waals surface area contributed by atoms with E-state index in [0.29, 0.717) is 13.0 Å². The highest BCUT2D eigenvalue weighted by Crippen LogP contribution is 2.02. The Kier molecular flexibility index (Phi) is 3.91. The van der Waals surface area contributed by atoms with Gasteiger partial charge in [0, 0.05) is 36.8 Å². The lowest BCUT2D eigenvalue weighted by Gasteiger charge is -2.17. The highest BCUT2D eigenvalue weighted by atomic mass is 16.1. The Morgan fingerprint density at radius 2 is 2.33 bits per heavy atom. The summed E-state index contributed by atoms with van der Waals surface area (Å²) in [6.45, 7) is 4.34. The second-order valence-corrected chi connectivity index (χ2v) is 4.46. The van der Waals surface area contributed by atoms with Crippen molar-refractivity contribution in [3.8, 4) is 0 Å². The van der Waals surface area contributed by atoms with Crippen LogP contribution in [0.1, 0.15) is 26.0 Å². The van der Waals surface area contributed by atoms with Gasteiger partial charge in [-0.05, 0) is 26.0 Å². The molecule has 1 aromatic rings. The molecule has 0 spiro atoms. The molecule has 0 fully saturated rings. The molecule has 4 heteroatoms. The topological polar surface area (TPSA) is 70.9 Å². The number of nitrogens with two attached hydrogens (primary N) is 1. The summed E-state index contributed by atoms with van der Waals surface area (Å²) in [7, 11) is 0. The third-order valence-electron chi connectivity index (χ3n) is 2.00. The molecule has 0 radical (unpaired) electrons. The summed E-state index contributed by atoms with van der Waals surface area (Å²) in [6.07, 6.45) is 3.06. The molecule has 0 unspecified atom stereocenters. The number of hydrogen-bond donors (Lipinski definition) is 3. The van der Waals surface area contributed by atoms with Crippen LogP contribution in [0.2, 0.25) is 0 Å². The first-order valence-electron chi connectivity index (χ1n) is 5.15. The molecular weight excluding hydrogens is 190 g/mol. The smallest absolute Gasteiger partial charge is 0.221 e. The number of aromatic amines is 1. The van der Waals surface area contributed by atoms with E-state index in [-0.39, 0.29) is 5.91 Å². The van der Waals surface area contributed by atoms with E-state index < -0.39 is 5.54 Å². The van der Waals surface area contributed by atoms with Crippen molar-refractivity contribution < 1.29 is 4.79 Å². The van der Waals surface area contributed by atoms with Gasteiger partial charge in [-0.2, -0.15) is 0 Å². The van der Waals surface area contributed by atoms with E-state index >= 15 is 0 Å². The molecule has 4 N–H and O–H groups in total. The van der Waals surface area contributed by atoms with Crippen molar-refractivity contribution in [1.29, 1.82) is 0 Å². The Balaban J connectivity index is 2.18. The molecule has 1 heterocycles. The second kappa shape index (κ2) is 4.98. The summed E-state index contributed by atoms with van der Waals surface area (Å²) in [5, 5.41) is 2.84. The lowest BCUT2D eigenvalue weighted by atomic mass is 10.0. The predicted octanol–water partition coefficient (Wildman–Crippen LogP) is 0.801. The van der Waals surface area contributed by atoms with Crippen molar-refractivity contribution in [2.75, 3.05) is 6.54 Å². The average molecular weight is 209 g/mol. The Morgan fingerprint density at radius 3 is 2.87 bits per heavy atom. The zero-order valence-electron chi connectivity index (χ0n) is 9.34. The minimum atomic E-state index is -0.434. The first-order chi connectivity index (χ1) is 6.97. The SMILES string of the molecule is CC(C)(N)CC(=O)NCCc1ccc[nH]1. The van der Waals surface area contributed by atoms with Crippen LogP contribution < -0.4 is 11.1 Å². The molecule has 0 atom stereocenters. The molecule has 15 heavy (non-hydrogen) atoms. The van der Waals surface area contributed by atoms with Crippen LogP contribution >= 0.6 is 0 Å². The molecule has 0 bridgehead atoms. The molecule has 0 aliphatic carbocycles. The highest BCUT2D eigenvalue weighted by molar-refractivity contribution is 5.77. The van der Waals surface area contributed by atoms with Gasteiger partial charge in [0.15, 0.2) is 0 Å². The van der Waals surface area contributed by atoms with Crippen LogP contribution in [0.15, 0.2) is 18.3 Å². The van der Waals surface area contributed by atoms with Gasteiger partial charge in [0.05, 0.1) is 0 Å². The average Bonchev–Trinajstić information content (AvgIpc) is 2.53. The number of nitrogens with one attached hydrogen (secondary N) is 2. The van der Waals surface area contributed by atoms with Crippen molar-refractivity contribution in [3.63, 3.8) is 0 Å². The highest BCUT2D eigenvalue weighted by Gasteiger charge is 2.15. The summed E-state index contributed by atoms with van der Waals surface area (Å²) in [6, 6.07) is 3.94. The quantitative estimate of drug-likeness (QED) is 0.671. The number of H-pyrrole nitrogens is 1. The van der Waals surface area contributed by atoms with E-state index in [1.165, 1.54) is 0 Å². The fourth-order valence-electron chi connectivity index (χ4n) is 1.34. The third-order valence-corrected chi connectivity index (χ3v) is 2.00. The van der Waals surface area contributed by atoms with Crippen molar-refractivity contribution >= 4 is 5.91 Å². The van der Waals surface area contributed by atoms with Gasteiger partial charge in [-0.25, -0.2) is 0 Å². The van der Waals surface area contributed by atoms with Gasteiger partial charge >= 0.3 is 0 Å². The molecule has 84 valence electrons. The first kappa shape index (κ1) is 11.8. The lowest BCUT2D eigenvalue weighted by molar-refractivity contribution is -0.121. The van der Waals surface area contributed by atoms with Gasteiger partial charge in [0.2, 0.25) is 5.91 Å². The van der Waals surface area contributed by atoms with Crippen molar-refractivity contribution in [2.45, 2.75) is 32.2 Å². The summed E-state index contributed by atoms with van der Waals surface area (Å²) >= 11 is 0. The maximum Gasteiger partial charge on any atom is 0.221 e. The standard InChI is InChI=1S/C11H19N3O/c1-11(2,12)8-10(15)14-7-5-9-4-3-6-13-9/h3-4,6,13H,5,7-8,12H2,1-2H3,(H,14,15). The van der Waals surface area contributed by atoms with E-state index in [1.54, 1.807) is 0 Å². The van der Waals surface area contributed by atoms with Crippen LogP contribution in [-0.4, -0.2) is 23.0 Å². The van der Waals surface area contributed by atoms with Crippen LogP contribution in [-0.2, 0) is 11.2 Å². The number of amides is 1. The van der Waals surface area contributed by atoms with E-state index in [9.17, 15) is 4.79 Å². The van der Waals surface area contributed by atoms with Gasteiger partial charge in [0.25, 0.3) is 0 Å². The summed E-state index contributed by atoms with van der Waals surface area (Å²) in [5.41, 5.74) is 6.43. The number of rotatable bonds is 5. The third kappa shape index (κ3) is 5.22. The number of hydrogen-bond acceptors (Lipinski definition) is 2. The van der Waals surface area contributed by atoms with Crippen LogP contribution in [0.25, 0.3) is 0 Å². The normalized spacial score (nSPS) is 11.4. The van der Waals surface area contributed by atoms with Crippen molar-refractivity contribution in [2.24, 2.45) is 5.73 Å². The minimum Gasteiger partial charge on any atom is -0.365 e. The fourth-order valence-corrected chi connectivity index (χ4v) is 1.34. The molecule has 1 amide bonds. The second-order valence-electron chi connectivity index (χ2n) is 4.46. The van der Waals surface area contributed by atoms with Crippen LogP contribution in [0.5, 0.6) is 0 Å². The number of carbonyl (C=O) groups is 1. The summed E-state index contributed by atoms with van der Waals surface area (Å²) < 4.78 is 0. The first-order valence-corrected chi connectivity index (χ1v) is 5.15. The van der Waals surface area contributed by atoms with Gasteiger partial charge in [-0.1, -0.05) is 0 Å². The Morgan fingerprint density at radius 1 is 1.60 bits per heavy atom. The summed E-state index contributed by atoms with van der Waals surface area (Å²) in [5.74, 6) is 0.00839. The van der Waals surface area contributed by atoms with Gasteiger partial charge in [0.1, 0.15) is 0 Å². The molecule has 0 aromatic carbocycles. The molecule has 0 aliphatic rings. The van der Waals surface area contributed by atoms with Crippen LogP contribution in [0, 0.1) is 0 Å². The molecule has 4 nitrogen and oxygen atoms in total. The zero-order chi connectivity index (χ0) is 11.3. The van der Waals surface area contributed by atoms with Crippen molar-refractivity contribution in [3.05, 3.63) is 24.0 Å². The predicted molar refractivity (Wildman–Crippen MR) is 60.4 cm³/mol. The minimum absolute atomic E-state index is 0.00839. The maximum absolute atomic E-state index is 11.4. The molecule has 0 saturated heterocycles. The van der Waals surface area contributed by atoms with Gasteiger partial charge < -0.3 is 16.0 Å². The fraction of sp³-hybridized carbons (Fsp3) is 0.545. The van der Waals surface area contributed by atoms with Crippen molar-refractivity contribution in [1.82, 2.24) is 10.3 Å². The van der Waals surface area contributed by atoms with E-state index in [1.807, 2.05) is 32.2 Å². The van der Waals surface area contributed by atoms with Crippen LogP contribution in [0.4, 0.5) is 0 Å². The maximum atomic E-state index is 11.4. The largest absolute Gasteiger partial charge is 0.365 e. The molecule has 1 aromatic heterocycles. The Labute approximate surface area is 90.2 Å². The van der Waals surface area contributed by atoms with E-state index in [4.69, 9.17) is 5.73 Å². The zero-order valence-corrected chi connectivity index (χ0v) is 9.34. The lowest BCUT2D eigenvalue weighted by Crippen LogP contribution is -2.39. The molecule has 0 saturated carbocycles. The number of carbonyl (C=O) groups excluding carboxylic acids is 1. The molecular formula is C11H19N3O.